The first kappa shape index (κ1) is 14.9. The maximum absolute atomic E-state index is 13.0. The molecule has 1 aliphatic heterocycles. The van der Waals surface area contributed by atoms with E-state index in [1.165, 1.54) is 23.8 Å². The van der Waals surface area contributed by atoms with Gasteiger partial charge >= 0.3 is 0 Å². The number of hydrogen-bond donors (Lipinski definition) is 1. The highest BCUT2D eigenvalue weighted by Gasteiger charge is 2.27. The van der Waals surface area contributed by atoms with Crippen LogP contribution in [0.3, 0.4) is 0 Å². The van der Waals surface area contributed by atoms with Crippen LogP contribution in [0.5, 0.6) is 0 Å². The van der Waals surface area contributed by atoms with Crippen molar-refractivity contribution in [1.82, 2.24) is 0 Å². The number of benzene rings is 2. The van der Waals surface area contributed by atoms with Crippen LogP contribution in [0.15, 0.2) is 42.5 Å². The Bertz CT molecular complexity index is 720. The highest BCUT2D eigenvalue weighted by molar-refractivity contribution is 6.33. The Kier molecular flexibility index (Phi) is 4.03. The van der Waals surface area contributed by atoms with Crippen molar-refractivity contribution in [2.24, 2.45) is 0 Å². The zero-order chi connectivity index (χ0) is 15.7. The summed E-state index contributed by atoms with van der Waals surface area (Å²) in [5, 5.41) is 2.96. The average molecular weight is 319 g/mol. The van der Waals surface area contributed by atoms with Crippen molar-refractivity contribution < 1.29 is 9.18 Å². The lowest BCUT2D eigenvalue weighted by molar-refractivity contribution is -0.117. The number of rotatable bonds is 3. The first-order valence-corrected chi connectivity index (χ1v) is 7.54. The highest BCUT2D eigenvalue weighted by atomic mass is 35.5. The molecule has 1 heterocycles. The maximum Gasteiger partial charge on any atom is 0.246 e. The first-order chi connectivity index (χ1) is 10.6. The van der Waals surface area contributed by atoms with E-state index in [0.717, 1.165) is 18.7 Å². The van der Waals surface area contributed by atoms with Crippen molar-refractivity contribution in [3.63, 3.8) is 0 Å². The summed E-state index contributed by atoms with van der Waals surface area (Å²) in [6, 6.07) is 11.7. The van der Waals surface area contributed by atoms with Crippen LogP contribution in [0.2, 0.25) is 5.02 Å². The second-order valence-corrected chi connectivity index (χ2v) is 5.77. The summed E-state index contributed by atoms with van der Waals surface area (Å²) in [6.45, 7) is 2.67. The molecule has 0 fully saturated rings. The molecule has 1 aliphatic rings. The summed E-state index contributed by atoms with van der Waals surface area (Å²) in [6.07, 6.45) is 0.936. The number of carbonyl (C=O) groups is 1. The Morgan fingerprint density at radius 2 is 2.09 bits per heavy atom. The molecule has 0 saturated carbocycles. The maximum atomic E-state index is 13.0. The van der Waals surface area contributed by atoms with Crippen molar-refractivity contribution in [3.8, 4) is 0 Å². The summed E-state index contributed by atoms with van der Waals surface area (Å²) < 4.78 is 13.0. The van der Waals surface area contributed by atoms with Gasteiger partial charge in [-0.1, -0.05) is 29.8 Å². The number of nitrogens with one attached hydrogen (secondary N) is 1. The van der Waals surface area contributed by atoms with Crippen LogP contribution < -0.4 is 10.2 Å². The van der Waals surface area contributed by atoms with E-state index in [0.29, 0.717) is 5.69 Å². The Labute approximate surface area is 133 Å². The molecule has 3 nitrogen and oxygen atoms in total. The molecule has 2 aromatic rings. The van der Waals surface area contributed by atoms with Crippen LogP contribution in [0.1, 0.15) is 12.5 Å². The number of carbonyl (C=O) groups excluding carboxylic acids is 1. The van der Waals surface area contributed by atoms with E-state index in [-0.39, 0.29) is 17.0 Å². The van der Waals surface area contributed by atoms with Crippen LogP contribution in [-0.4, -0.2) is 18.5 Å². The van der Waals surface area contributed by atoms with Gasteiger partial charge in [0.2, 0.25) is 5.91 Å². The second-order valence-electron chi connectivity index (χ2n) is 5.36. The number of nitrogens with zero attached hydrogens (tertiary/aromatic N) is 1. The predicted molar refractivity (Wildman–Crippen MR) is 87.0 cm³/mol. The van der Waals surface area contributed by atoms with Crippen molar-refractivity contribution in [3.05, 3.63) is 58.9 Å². The fraction of sp³-hybridized carbons (Fsp3) is 0.235. The smallest absolute Gasteiger partial charge is 0.246 e. The summed E-state index contributed by atoms with van der Waals surface area (Å²) in [4.78, 5) is 14.5. The Morgan fingerprint density at radius 1 is 1.32 bits per heavy atom. The van der Waals surface area contributed by atoms with Gasteiger partial charge in [0.15, 0.2) is 0 Å². The monoisotopic (exact) mass is 318 g/mol. The van der Waals surface area contributed by atoms with E-state index in [2.05, 4.69) is 16.3 Å². The van der Waals surface area contributed by atoms with Crippen LogP contribution in [0, 0.1) is 5.82 Å². The van der Waals surface area contributed by atoms with Crippen molar-refractivity contribution in [2.75, 3.05) is 16.8 Å². The standard InChI is InChI=1S/C17H16ClFN2O/c1-11(21-9-8-12-4-2-3-5-16(12)21)17(22)20-15-7-6-13(19)10-14(15)18/h2-7,10-11H,8-9H2,1H3,(H,20,22)/t11-/m1/s1. The fourth-order valence-electron chi connectivity index (χ4n) is 2.74. The Morgan fingerprint density at radius 3 is 2.86 bits per heavy atom. The molecule has 2 aromatic carbocycles. The molecule has 0 unspecified atom stereocenters. The molecule has 3 rings (SSSR count). The molecule has 114 valence electrons. The molecule has 5 heteroatoms. The number of anilines is 2. The predicted octanol–water partition coefficient (Wildman–Crippen LogP) is 3.87. The summed E-state index contributed by atoms with van der Waals surface area (Å²) in [5.41, 5.74) is 2.77. The highest BCUT2D eigenvalue weighted by Crippen LogP contribution is 2.30. The Balaban J connectivity index is 1.76. The lowest BCUT2D eigenvalue weighted by Gasteiger charge is -2.26. The van der Waals surface area contributed by atoms with Gasteiger partial charge in [0.25, 0.3) is 0 Å². The van der Waals surface area contributed by atoms with Gasteiger partial charge in [0.05, 0.1) is 10.7 Å². The second kappa shape index (κ2) is 5.97. The molecular formula is C17H16ClFN2O. The molecule has 1 atom stereocenters. The van der Waals surface area contributed by atoms with E-state index in [1.807, 2.05) is 25.1 Å². The molecule has 22 heavy (non-hydrogen) atoms. The van der Waals surface area contributed by atoms with Crippen LogP contribution in [0.25, 0.3) is 0 Å². The SMILES string of the molecule is C[C@H](C(=O)Nc1ccc(F)cc1Cl)N1CCc2ccccc21. The summed E-state index contributed by atoms with van der Waals surface area (Å²) in [7, 11) is 0. The molecule has 1 N–H and O–H groups in total. The molecule has 0 aromatic heterocycles. The zero-order valence-corrected chi connectivity index (χ0v) is 12.9. The van der Waals surface area contributed by atoms with E-state index >= 15 is 0 Å². The summed E-state index contributed by atoms with van der Waals surface area (Å²) >= 11 is 5.95. The van der Waals surface area contributed by atoms with Crippen LogP contribution in [0.4, 0.5) is 15.8 Å². The minimum absolute atomic E-state index is 0.162. The normalized spacial score (nSPS) is 14.6. The van der Waals surface area contributed by atoms with Gasteiger partial charge in [-0.25, -0.2) is 4.39 Å². The first-order valence-electron chi connectivity index (χ1n) is 7.17. The van der Waals surface area contributed by atoms with Gasteiger partial charge in [0, 0.05) is 12.2 Å². The topological polar surface area (TPSA) is 32.3 Å². The number of halogens is 2. The molecule has 0 radical (unpaired) electrons. The van der Waals surface area contributed by atoms with E-state index in [4.69, 9.17) is 11.6 Å². The van der Waals surface area contributed by atoms with Gasteiger partial charge in [-0.05, 0) is 43.2 Å². The van der Waals surface area contributed by atoms with Crippen LogP contribution in [-0.2, 0) is 11.2 Å². The number of amides is 1. The lowest BCUT2D eigenvalue weighted by Crippen LogP contribution is -2.41. The molecular weight excluding hydrogens is 303 g/mol. The van der Waals surface area contributed by atoms with Crippen LogP contribution >= 0.6 is 11.6 Å². The largest absolute Gasteiger partial charge is 0.359 e. The molecule has 1 amide bonds. The number of fused-ring (bicyclic) bond motifs is 1. The minimum atomic E-state index is -0.426. The van der Waals surface area contributed by atoms with Gasteiger partial charge < -0.3 is 10.2 Å². The minimum Gasteiger partial charge on any atom is -0.359 e. The van der Waals surface area contributed by atoms with Crippen molar-refractivity contribution in [1.29, 1.82) is 0 Å². The molecule has 0 spiro atoms. The molecule has 0 bridgehead atoms. The van der Waals surface area contributed by atoms with E-state index in [1.54, 1.807) is 0 Å². The summed E-state index contributed by atoms with van der Waals surface area (Å²) in [5.74, 6) is -0.588. The lowest BCUT2D eigenvalue weighted by atomic mass is 10.1. The molecule has 0 saturated heterocycles. The van der Waals surface area contributed by atoms with Crippen molar-refractivity contribution in [2.45, 2.75) is 19.4 Å². The van der Waals surface area contributed by atoms with Gasteiger partial charge in [-0.15, -0.1) is 0 Å². The van der Waals surface area contributed by atoms with E-state index < -0.39 is 5.82 Å². The quantitative estimate of drug-likeness (QED) is 0.931. The van der Waals surface area contributed by atoms with Gasteiger partial charge in [0.1, 0.15) is 11.9 Å². The average Bonchev–Trinajstić information content (AvgIpc) is 2.93. The van der Waals surface area contributed by atoms with E-state index in [9.17, 15) is 9.18 Å². The van der Waals surface area contributed by atoms with Gasteiger partial charge in [-0.3, -0.25) is 4.79 Å². The van der Waals surface area contributed by atoms with Gasteiger partial charge in [-0.2, -0.15) is 0 Å². The third-order valence-electron chi connectivity index (χ3n) is 3.96. The third kappa shape index (κ3) is 2.79. The van der Waals surface area contributed by atoms with Crippen molar-refractivity contribution >= 4 is 28.9 Å². The fourth-order valence-corrected chi connectivity index (χ4v) is 2.95. The number of hydrogen-bond acceptors (Lipinski definition) is 2. The third-order valence-corrected chi connectivity index (χ3v) is 4.27. The molecule has 0 aliphatic carbocycles. The number of para-hydroxylation sites is 1. The Hall–Kier alpha value is -2.07. The zero-order valence-electron chi connectivity index (χ0n) is 12.1.